The summed E-state index contributed by atoms with van der Waals surface area (Å²) in [4.78, 5) is 15.7. The number of nitrogens with zero attached hydrogens (tertiary/aromatic N) is 5. The third kappa shape index (κ3) is 5.68. The SMILES string of the molecule is COc1cc(OC)cc(N(CCCC(C)(C)OF)c2ccc3ncc(-c4cnn(C)c4)nc3c2)c1. The van der Waals surface area contributed by atoms with Gasteiger partial charge < -0.3 is 14.4 Å². The summed E-state index contributed by atoms with van der Waals surface area (Å²) in [6.45, 7) is 4.08. The van der Waals surface area contributed by atoms with Gasteiger partial charge in [-0.15, -0.1) is 0 Å². The zero-order chi connectivity index (χ0) is 25.0. The van der Waals surface area contributed by atoms with E-state index < -0.39 is 5.60 Å². The molecule has 0 aliphatic carbocycles. The highest BCUT2D eigenvalue weighted by atomic mass is 19.3. The Hall–Kier alpha value is -3.72. The van der Waals surface area contributed by atoms with Gasteiger partial charge in [-0.05, 0) is 49.4 Å². The Morgan fingerprint density at radius 2 is 1.71 bits per heavy atom. The predicted molar refractivity (Wildman–Crippen MR) is 134 cm³/mol. The average molecular weight is 480 g/mol. The van der Waals surface area contributed by atoms with E-state index in [1.54, 1.807) is 45.1 Å². The van der Waals surface area contributed by atoms with Crippen LogP contribution in [0.5, 0.6) is 11.5 Å². The first kappa shape index (κ1) is 24.4. The highest BCUT2D eigenvalue weighted by molar-refractivity contribution is 5.82. The molecule has 35 heavy (non-hydrogen) atoms. The fourth-order valence-electron chi connectivity index (χ4n) is 3.92. The zero-order valence-corrected chi connectivity index (χ0v) is 20.7. The average Bonchev–Trinajstić information content (AvgIpc) is 3.31. The minimum Gasteiger partial charge on any atom is -0.497 e. The molecular formula is C26H30FN5O3. The number of ether oxygens (including phenoxy) is 2. The summed E-state index contributed by atoms with van der Waals surface area (Å²) in [5.74, 6) is 1.35. The number of aromatic nitrogens is 4. The van der Waals surface area contributed by atoms with Crippen molar-refractivity contribution in [3.63, 3.8) is 0 Å². The molecule has 4 aromatic rings. The quantitative estimate of drug-likeness (QED) is 0.291. The lowest BCUT2D eigenvalue weighted by atomic mass is 10.0. The van der Waals surface area contributed by atoms with Gasteiger partial charge in [0.05, 0.1) is 43.3 Å². The van der Waals surface area contributed by atoms with E-state index >= 15 is 0 Å². The second-order valence-corrected chi connectivity index (χ2v) is 8.99. The highest BCUT2D eigenvalue weighted by Gasteiger charge is 2.21. The molecule has 0 fully saturated rings. The summed E-state index contributed by atoms with van der Waals surface area (Å²) in [7, 11) is 5.11. The molecule has 0 saturated heterocycles. The minimum absolute atomic E-state index is 0.541. The summed E-state index contributed by atoms with van der Waals surface area (Å²) in [5.41, 5.74) is 4.15. The van der Waals surface area contributed by atoms with Crippen LogP contribution in [-0.2, 0) is 12.0 Å². The lowest BCUT2D eigenvalue weighted by Gasteiger charge is -2.28. The lowest BCUT2D eigenvalue weighted by Crippen LogP contribution is -2.25. The molecule has 0 N–H and O–H groups in total. The second kappa shape index (κ2) is 10.3. The van der Waals surface area contributed by atoms with Crippen LogP contribution in [0.2, 0.25) is 0 Å². The van der Waals surface area contributed by atoms with Gasteiger partial charge in [0.15, 0.2) is 0 Å². The van der Waals surface area contributed by atoms with E-state index in [9.17, 15) is 4.53 Å². The van der Waals surface area contributed by atoms with Gasteiger partial charge >= 0.3 is 0 Å². The Balaban J connectivity index is 1.74. The largest absolute Gasteiger partial charge is 0.497 e. The van der Waals surface area contributed by atoms with Crippen molar-refractivity contribution in [1.29, 1.82) is 0 Å². The van der Waals surface area contributed by atoms with Crippen molar-refractivity contribution in [2.75, 3.05) is 25.7 Å². The Morgan fingerprint density at radius 1 is 0.971 bits per heavy atom. The van der Waals surface area contributed by atoms with E-state index in [0.717, 1.165) is 33.7 Å². The summed E-state index contributed by atoms with van der Waals surface area (Å²) in [6, 6.07) is 11.7. The van der Waals surface area contributed by atoms with E-state index in [1.165, 1.54) is 0 Å². The van der Waals surface area contributed by atoms with Gasteiger partial charge in [0.1, 0.15) is 17.1 Å². The fourth-order valence-corrected chi connectivity index (χ4v) is 3.92. The summed E-state index contributed by atoms with van der Waals surface area (Å²) >= 11 is 0. The maximum atomic E-state index is 12.9. The number of hydrogen-bond donors (Lipinski definition) is 0. The van der Waals surface area contributed by atoms with Crippen LogP contribution in [0.1, 0.15) is 26.7 Å². The number of fused-ring (bicyclic) bond motifs is 1. The topological polar surface area (TPSA) is 74.5 Å². The Morgan fingerprint density at radius 3 is 2.34 bits per heavy atom. The first-order valence-corrected chi connectivity index (χ1v) is 11.4. The molecule has 0 amide bonds. The smallest absolute Gasteiger partial charge is 0.124 e. The third-order valence-electron chi connectivity index (χ3n) is 5.86. The summed E-state index contributed by atoms with van der Waals surface area (Å²) in [5, 5.41) is 4.23. The Bertz CT molecular complexity index is 1290. The molecule has 2 heterocycles. The molecule has 0 aliphatic heterocycles. The van der Waals surface area contributed by atoms with Gasteiger partial charge in [-0.25, -0.2) is 4.98 Å². The molecule has 2 aromatic carbocycles. The third-order valence-corrected chi connectivity index (χ3v) is 5.86. The Labute approximate surface area is 204 Å². The van der Waals surface area contributed by atoms with Gasteiger partial charge in [0, 0.05) is 54.9 Å². The molecule has 0 radical (unpaired) electrons. The molecule has 0 unspecified atom stereocenters. The van der Waals surface area contributed by atoms with Crippen molar-refractivity contribution in [3.05, 3.63) is 55.0 Å². The van der Waals surface area contributed by atoms with E-state index in [-0.39, 0.29) is 0 Å². The van der Waals surface area contributed by atoms with E-state index in [0.29, 0.717) is 30.9 Å². The van der Waals surface area contributed by atoms with Crippen LogP contribution in [0.25, 0.3) is 22.3 Å². The lowest BCUT2D eigenvalue weighted by molar-refractivity contribution is -0.224. The molecule has 0 bridgehead atoms. The van der Waals surface area contributed by atoms with Gasteiger partial charge in [-0.3, -0.25) is 9.67 Å². The number of benzene rings is 2. The standard InChI is InChI=1S/C26H30FN5O3/c1-26(2,35-27)9-6-10-32(20-11-21(33-4)14-22(12-20)34-5)19-7-8-23-24(13-19)30-25(16-28-23)18-15-29-31(3)17-18/h7-8,11-17H,6,9-10H2,1-5H3. The van der Waals surface area contributed by atoms with E-state index in [4.69, 9.17) is 14.5 Å². The van der Waals surface area contributed by atoms with Crippen LogP contribution in [0.3, 0.4) is 0 Å². The predicted octanol–water partition coefficient (Wildman–Crippen LogP) is 5.65. The fraction of sp³-hybridized carbons (Fsp3) is 0.346. The molecule has 0 saturated carbocycles. The van der Waals surface area contributed by atoms with Gasteiger partial charge in [-0.2, -0.15) is 10.0 Å². The molecule has 4 rings (SSSR count). The summed E-state index contributed by atoms with van der Waals surface area (Å²) < 4.78 is 25.6. The molecule has 2 aromatic heterocycles. The van der Waals surface area contributed by atoms with Crippen LogP contribution < -0.4 is 14.4 Å². The van der Waals surface area contributed by atoms with Crippen molar-refractivity contribution < 1.29 is 18.9 Å². The molecule has 0 aliphatic rings. The van der Waals surface area contributed by atoms with Gasteiger partial charge in [0.25, 0.3) is 0 Å². The van der Waals surface area contributed by atoms with E-state index in [2.05, 4.69) is 19.9 Å². The number of hydrogen-bond acceptors (Lipinski definition) is 7. The number of anilines is 2. The van der Waals surface area contributed by atoms with E-state index in [1.807, 2.05) is 49.6 Å². The van der Waals surface area contributed by atoms with Crippen molar-refractivity contribution in [1.82, 2.24) is 19.7 Å². The number of aryl methyl sites for hydroxylation is 1. The van der Waals surface area contributed by atoms with Crippen molar-refractivity contribution in [3.8, 4) is 22.8 Å². The monoisotopic (exact) mass is 479 g/mol. The normalized spacial score (nSPS) is 11.6. The van der Waals surface area contributed by atoms with Crippen LogP contribution in [0.15, 0.2) is 55.0 Å². The molecule has 9 heteroatoms. The first-order chi connectivity index (χ1) is 16.8. The van der Waals surface area contributed by atoms with Gasteiger partial charge in [0.2, 0.25) is 0 Å². The van der Waals surface area contributed by atoms with Crippen LogP contribution in [-0.4, -0.2) is 46.1 Å². The van der Waals surface area contributed by atoms with Gasteiger partial charge in [-0.1, -0.05) is 0 Å². The Kier molecular flexibility index (Phi) is 7.16. The van der Waals surface area contributed by atoms with Crippen molar-refractivity contribution in [2.24, 2.45) is 7.05 Å². The number of halogens is 1. The number of methoxy groups -OCH3 is 2. The minimum atomic E-state index is -0.856. The first-order valence-electron chi connectivity index (χ1n) is 11.4. The van der Waals surface area contributed by atoms with Crippen molar-refractivity contribution >= 4 is 22.4 Å². The molecule has 184 valence electrons. The van der Waals surface area contributed by atoms with Crippen molar-refractivity contribution in [2.45, 2.75) is 32.3 Å². The molecule has 8 nitrogen and oxygen atoms in total. The maximum absolute atomic E-state index is 12.9. The highest BCUT2D eigenvalue weighted by Crippen LogP contribution is 2.35. The van der Waals surface area contributed by atoms with Crippen LogP contribution in [0.4, 0.5) is 15.9 Å². The maximum Gasteiger partial charge on any atom is 0.124 e. The number of rotatable bonds is 10. The summed E-state index contributed by atoms with van der Waals surface area (Å²) in [6.07, 6.45) is 6.66. The zero-order valence-electron chi connectivity index (χ0n) is 20.7. The second-order valence-electron chi connectivity index (χ2n) is 8.99. The van der Waals surface area contributed by atoms with Crippen LogP contribution >= 0.6 is 0 Å². The molecular weight excluding hydrogens is 449 g/mol. The van der Waals surface area contributed by atoms with Crippen LogP contribution in [0, 0.1) is 0 Å². The molecule has 0 spiro atoms. The molecule has 0 atom stereocenters.